The fourth-order valence-corrected chi connectivity index (χ4v) is 3.26. The van der Waals surface area contributed by atoms with Crippen LogP contribution in [-0.4, -0.2) is 44.0 Å². The minimum Gasteiger partial charge on any atom is -0.497 e. The molecule has 1 heterocycles. The van der Waals surface area contributed by atoms with Gasteiger partial charge in [-0.3, -0.25) is 9.59 Å². The molecule has 2 aromatic carbocycles. The van der Waals surface area contributed by atoms with Crippen LogP contribution in [0.5, 0.6) is 11.5 Å². The number of nitrogens with one attached hydrogen (secondary N) is 1. The van der Waals surface area contributed by atoms with Crippen molar-refractivity contribution >= 4 is 11.8 Å². The molecule has 3 rings (SSSR count). The van der Waals surface area contributed by atoms with E-state index in [1.807, 2.05) is 30.3 Å². The van der Waals surface area contributed by atoms with Crippen molar-refractivity contribution in [3.63, 3.8) is 0 Å². The van der Waals surface area contributed by atoms with Gasteiger partial charge in [-0.1, -0.05) is 30.3 Å². The van der Waals surface area contributed by atoms with Crippen LogP contribution in [0.3, 0.4) is 0 Å². The lowest BCUT2D eigenvalue weighted by Gasteiger charge is -2.25. The number of nitrogens with zero attached hydrogens (tertiary/aromatic N) is 1. The van der Waals surface area contributed by atoms with Gasteiger partial charge >= 0.3 is 0 Å². The van der Waals surface area contributed by atoms with Crippen molar-refractivity contribution in [2.45, 2.75) is 18.9 Å². The van der Waals surface area contributed by atoms with E-state index in [2.05, 4.69) is 5.32 Å². The van der Waals surface area contributed by atoms with Crippen LogP contribution in [0.4, 0.5) is 0 Å². The highest BCUT2D eigenvalue weighted by Gasteiger charge is 2.26. The van der Waals surface area contributed by atoms with Gasteiger partial charge < -0.3 is 19.7 Å². The summed E-state index contributed by atoms with van der Waals surface area (Å²) in [6.45, 7) is 1.17. The molecule has 1 atom stereocenters. The van der Waals surface area contributed by atoms with Crippen LogP contribution >= 0.6 is 0 Å². The fraction of sp³-hybridized carbons (Fsp3) is 0.333. The zero-order valence-electron chi connectivity index (χ0n) is 15.6. The predicted molar refractivity (Wildman–Crippen MR) is 102 cm³/mol. The van der Waals surface area contributed by atoms with Gasteiger partial charge in [-0.25, -0.2) is 0 Å². The Bertz CT molecular complexity index is 807. The summed E-state index contributed by atoms with van der Waals surface area (Å²) in [6, 6.07) is 14.5. The van der Waals surface area contributed by atoms with E-state index in [0.29, 0.717) is 30.0 Å². The summed E-state index contributed by atoms with van der Waals surface area (Å²) in [6.07, 6.45) is 1.43. The number of hydrogen-bond acceptors (Lipinski definition) is 4. The molecule has 1 unspecified atom stereocenters. The van der Waals surface area contributed by atoms with Crippen molar-refractivity contribution in [1.82, 2.24) is 10.2 Å². The third-order valence-corrected chi connectivity index (χ3v) is 4.73. The van der Waals surface area contributed by atoms with E-state index in [1.54, 1.807) is 30.2 Å². The first-order chi connectivity index (χ1) is 13.1. The predicted octanol–water partition coefficient (Wildman–Crippen LogP) is 2.80. The Hall–Kier alpha value is -3.02. The quantitative estimate of drug-likeness (QED) is 0.816. The van der Waals surface area contributed by atoms with Gasteiger partial charge in [0.15, 0.2) is 0 Å². The monoisotopic (exact) mass is 368 g/mol. The van der Waals surface area contributed by atoms with E-state index < -0.39 is 0 Å². The fourth-order valence-electron chi connectivity index (χ4n) is 3.26. The lowest BCUT2D eigenvalue weighted by atomic mass is 10.1. The summed E-state index contributed by atoms with van der Waals surface area (Å²) in [5.41, 5.74) is 1.35. The number of ether oxygens (including phenoxy) is 2. The van der Waals surface area contributed by atoms with Gasteiger partial charge in [0.1, 0.15) is 11.5 Å². The maximum Gasteiger partial charge on any atom is 0.255 e. The normalized spacial score (nSPS) is 14.7. The lowest BCUT2D eigenvalue weighted by Crippen LogP contribution is -2.38. The summed E-state index contributed by atoms with van der Waals surface area (Å²) >= 11 is 0. The van der Waals surface area contributed by atoms with Gasteiger partial charge in [-0.2, -0.15) is 0 Å². The Morgan fingerprint density at radius 1 is 1.15 bits per heavy atom. The third-order valence-electron chi connectivity index (χ3n) is 4.73. The van der Waals surface area contributed by atoms with Crippen LogP contribution in [0.1, 0.15) is 34.8 Å². The Balaban J connectivity index is 1.85. The number of likely N-dealkylation sites (tertiary alicyclic amines) is 1. The minimum atomic E-state index is -0.309. The maximum atomic E-state index is 13.0. The molecule has 0 radical (unpaired) electrons. The van der Waals surface area contributed by atoms with Gasteiger partial charge in [-0.15, -0.1) is 0 Å². The van der Waals surface area contributed by atoms with Crippen molar-refractivity contribution in [3.8, 4) is 11.5 Å². The van der Waals surface area contributed by atoms with Gasteiger partial charge in [0.25, 0.3) is 5.91 Å². The number of hydrogen-bond donors (Lipinski definition) is 1. The van der Waals surface area contributed by atoms with Crippen LogP contribution in [0.2, 0.25) is 0 Å². The van der Waals surface area contributed by atoms with Gasteiger partial charge in [0, 0.05) is 19.5 Å². The average Bonchev–Trinajstić information content (AvgIpc) is 3.12. The summed E-state index contributed by atoms with van der Waals surface area (Å²) in [4.78, 5) is 26.8. The molecule has 6 heteroatoms. The summed E-state index contributed by atoms with van der Waals surface area (Å²) in [5, 5.41) is 3.05. The van der Waals surface area contributed by atoms with E-state index in [9.17, 15) is 9.59 Å². The van der Waals surface area contributed by atoms with Crippen LogP contribution in [0, 0.1) is 0 Å². The molecule has 1 aliphatic rings. The van der Waals surface area contributed by atoms with Crippen LogP contribution in [-0.2, 0) is 4.79 Å². The van der Waals surface area contributed by atoms with E-state index in [-0.39, 0.29) is 17.9 Å². The second-order valence-corrected chi connectivity index (χ2v) is 6.45. The Kier molecular flexibility index (Phi) is 5.96. The smallest absolute Gasteiger partial charge is 0.255 e. The first-order valence-electron chi connectivity index (χ1n) is 8.98. The number of rotatable bonds is 7. The molecule has 0 spiro atoms. The number of methoxy groups -OCH3 is 2. The van der Waals surface area contributed by atoms with E-state index in [4.69, 9.17) is 9.47 Å². The first kappa shape index (κ1) is 18.8. The highest BCUT2D eigenvalue weighted by Crippen LogP contribution is 2.25. The molecule has 1 N–H and O–H groups in total. The Morgan fingerprint density at radius 3 is 2.56 bits per heavy atom. The molecular formula is C21H24N2O4. The molecule has 27 heavy (non-hydrogen) atoms. The van der Waals surface area contributed by atoms with Crippen molar-refractivity contribution in [1.29, 1.82) is 0 Å². The zero-order chi connectivity index (χ0) is 19.2. The molecule has 2 amide bonds. The molecule has 0 saturated carbocycles. The van der Waals surface area contributed by atoms with Crippen LogP contribution in [0.15, 0.2) is 48.5 Å². The molecule has 0 bridgehead atoms. The highest BCUT2D eigenvalue weighted by atomic mass is 16.5. The molecule has 142 valence electrons. The van der Waals surface area contributed by atoms with Gasteiger partial charge in [0.05, 0.1) is 25.8 Å². The number of benzene rings is 2. The minimum absolute atomic E-state index is 0.129. The molecule has 1 fully saturated rings. The SMILES string of the molecule is COc1ccc(OC)c(C(=O)NC(CN2CCCC2=O)c2ccccc2)c1. The van der Waals surface area contributed by atoms with E-state index >= 15 is 0 Å². The number of carbonyl (C=O) groups excluding carboxylic acids is 2. The van der Waals surface area contributed by atoms with Crippen molar-refractivity contribution in [3.05, 3.63) is 59.7 Å². The van der Waals surface area contributed by atoms with E-state index in [1.165, 1.54) is 7.11 Å². The molecule has 0 aliphatic carbocycles. The van der Waals surface area contributed by atoms with Gasteiger partial charge in [-0.05, 0) is 30.2 Å². The standard InChI is InChI=1S/C21H24N2O4/c1-26-16-10-11-19(27-2)17(13-16)21(25)22-18(15-7-4-3-5-8-15)14-23-12-6-9-20(23)24/h3-5,7-8,10-11,13,18H,6,9,12,14H2,1-2H3,(H,22,25). The molecule has 0 aromatic heterocycles. The number of carbonyl (C=O) groups is 2. The highest BCUT2D eigenvalue weighted by molar-refractivity contribution is 5.97. The van der Waals surface area contributed by atoms with E-state index in [0.717, 1.165) is 18.5 Å². The summed E-state index contributed by atoms with van der Waals surface area (Å²) < 4.78 is 10.6. The molecule has 2 aromatic rings. The largest absolute Gasteiger partial charge is 0.497 e. The topological polar surface area (TPSA) is 67.9 Å². The van der Waals surface area contributed by atoms with Gasteiger partial charge in [0.2, 0.25) is 5.91 Å². The second kappa shape index (κ2) is 8.58. The number of amides is 2. The maximum absolute atomic E-state index is 13.0. The van der Waals surface area contributed by atoms with Crippen molar-refractivity contribution < 1.29 is 19.1 Å². The summed E-state index contributed by atoms with van der Waals surface area (Å²) in [5.74, 6) is 0.902. The van der Waals surface area contributed by atoms with Crippen LogP contribution in [0.25, 0.3) is 0 Å². The first-order valence-corrected chi connectivity index (χ1v) is 8.98. The van der Waals surface area contributed by atoms with Crippen molar-refractivity contribution in [2.24, 2.45) is 0 Å². The molecule has 1 aliphatic heterocycles. The third kappa shape index (κ3) is 4.39. The Labute approximate surface area is 159 Å². The molecule has 6 nitrogen and oxygen atoms in total. The molecular weight excluding hydrogens is 344 g/mol. The lowest BCUT2D eigenvalue weighted by molar-refractivity contribution is -0.128. The second-order valence-electron chi connectivity index (χ2n) is 6.45. The molecule has 1 saturated heterocycles. The summed E-state index contributed by atoms with van der Waals surface area (Å²) in [7, 11) is 3.07. The average molecular weight is 368 g/mol. The zero-order valence-corrected chi connectivity index (χ0v) is 15.6. The Morgan fingerprint density at radius 2 is 1.93 bits per heavy atom. The van der Waals surface area contributed by atoms with Crippen LogP contribution < -0.4 is 14.8 Å². The van der Waals surface area contributed by atoms with Crippen molar-refractivity contribution in [2.75, 3.05) is 27.3 Å².